The Kier molecular flexibility index (Phi) is 4.44. The number of hydrogen-bond donors (Lipinski definition) is 0. The first-order chi connectivity index (χ1) is 6.77. The minimum absolute atomic E-state index is 0.195. The molecule has 0 radical (unpaired) electrons. The van der Waals surface area contributed by atoms with Crippen molar-refractivity contribution in [3.05, 3.63) is 28.2 Å². The Morgan fingerprint density at radius 2 is 2.29 bits per heavy atom. The van der Waals surface area contributed by atoms with E-state index in [0.717, 1.165) is 10.0 Å². The van der Waals surface area contributed by atoms with Crippen molar-refractivity contribution in [2.75, 3.05) is 13.9 Å². The van der Waals surface area contributed by atoms with Gasteiger partial charge in [0.15, 0.2) is 6.79 Å². The van der Waals surface area contributed by atoms with Crippen LogP contribution in [0.4, 0.5) is 0 Å². The lowest BCUT2D eigenvalue weighted by Crippen LogP contribution is -2.01. The van der Waals surface area contributed by atoms with Crippen LogP contribution in [0.2, 0.25) is 0 Å². The van der Waals surface area contributed by atoms with Crippen LogP contribution in [-0.4, -0.2) is 13.9 Å². The third-order valence-electron chi connectivity index (χ3n) is 1.62. The molecule has 0 aliphatic heterocycles. The Balaban J connectivity index is 2.85. The van der Waals surface area contributed by atoms with Crippen LogP contribution >= 0.6 is 15.9 Å². The lowest BCUT2D eigenvalue weighted by Gasteiger charge is -2.08. The fourth-order valence-electron chi connectivity index (χ4n) is 1.03. The number of nitriles is 1. The van der Waals surface area contributed by atoms with Gasteiger partial charge in [0.2, 0.25) is 0 Å². The molecule has 74 valence electrons. The van der Waals surface area contributed by atoms with Gasteiger partial charge in [0, 0.05) is 17.1 Å². The van der Waals surface area contributed by atoms with E-state index in [1.54, 1.807) is 7.11 Å². The second kappa shape index (κ2) is 5.63. The number of nitrogens with zero attached hydrogens (tertiary/aromatic N) is 1. The topological polar surface area (TPSA) is 42.2 Å². The van der Waals surface area contributed by atoms with Crippen LogP contribution in [-0.2, 0) is 11.2 Å². The van der Waals surface area contributed by atoms with E-state index >= 15 is 0 Å². The lowest BCUT2D eigenvalue weighted by atomic mass is 10.1. The summed E-state index contributed by atoms with van der Waals surface area (Å²) in [4.78, 5) is 0. The molecule has 0 saturated carbocycles. The summed E-state index contributed by atoms with van der Waals surface area (Å²) in [5.41, 5.74) is 0.860. The molecule has 4 heteroatoms. The molecule has 14 heavy (non-hydrogen) atoms. The normalized spacial score (nSPS) is 9.50. The lowest BCUT2D eigenvalue weighted by molar-refractivity contribution is 0.0505. The van der Waals surface area contributed by atoms with Crippen LogP contribution in [0, 0.1) is 11.3 Å². The van der Waals surface area contributed by atoms with E-state index in [1.807, 2.05) is 18.2 Å². The predicted octanol–water partition coefficient (Wildman–Crippen LogP) is 2.50. The van der Waals surface area contributed by atoms with Gasteiger partial charge in [-0.25, -0.2) is 0 Å². The fraction of sp³-hybridized carbons (Fsp3) is 0.300. The zero-order valence-corrected chi connectivity index (χ0v) is 9.37. The Morgan fingerprint density at radius 3 is 2.93 bits per heavy atom. The summed E-state index contributed by atoms with van der Waals surface area (Å²) >= 11 is 3.34. The van der Waals surface area contributed by atoms with Gasteiger partial charge in [-0.3, -0.25) is 0 Å². The highest BCUT2D eigenvalue weighted by molar-refractivity contribution is 9.10. The minimum atomic E-state index is 0.195. The maximum absolute atomic E-state index is 8.61. The number of benzene rings is 1. The number of ether oxygens (including phenoxy) is 2. The molecule has 1 aromatic rings. The van der Waals surface area contributed by atoms with Crippen molar-refractivity contribution in [3.8, 4) is 11.8 Å². The molecule has 0 aliphatic rings. The average Bonchev–Trinajstić information content (AvgIpc) is 2.17. The smallest absolute Gasteiger partial charge is 0.188 e. The van der Waals surface area contributed by atoms with Crippen LogP contribution < -0.4 is 4.74 Å². The molecule has 0 N–H and O–H groups in total. The molecular weight excluding hydrogens is 246 g/mol. The van der Waals surface area contributed by atoms with Gasteiger partial charge >= 0.3 is 0 Å². The first kappa shape index (κ1) is 11.0. The Morgan fingerprint density at radius 1 is 1.50 bits per heavy atom. The zero-order chi connectivity index (χ0) is 10.4. The monoisotopic (exact) mass is 255 g/mol. The van der Waals surface area contributed by atoms with Crippen molar-refractivity contribution in [1.82, 2.24) is 0 Å². The summed E-state index contributed by atoms with van der Waals surface area (Å²) in [6.07, 6.45) is 0.332. The Hall–Kier alpha value is -1.05. The third-order valence-corrected chi connectivity index (χ3v) is 2.12. The molecule has 0 atom stereocenters. The van der Waals surface area contributed by atoms with E-state index < -0.39 is 0 Å². The second-order valence-electron chi connectivity index (χ2n) is 2.64. The van der Waals surface area contributed by atoms with E-state index in [9.17, 15) is 0 Å². The van der Waals surface area contributed by atoms with Crippen LogP contribution in [0.3, 0.4) is 0 Å². The van der Waals surface area contributed by atoms with E-state index in [0.29, 0.717) is 12.2 Å². The third kappa shape index (κ3) is 3.02. The van der Waals surface area contributed by atoms with E-state index in [4.69, 9.17) is 14.7 Å². The summed E-state index contributed by atoms with van der Waals surface area (Å²) in [7, 11) is 1.56. The van der Waals surface area contributed by atoms with Crippen molar-refractivity contribution in [3.63, 3.8) is 0 Å². The predicted molar refractivity (Wildman–Crippen MR) is 56.0 cm³/mol. The highest BCUT2D eigenvalue weighted by Gasteiger charge is 2.03. The Bertz CT molecular complexity index is 346. The zero-order valence-electron chi connectivity index (χ0n) is 7.79. The molecule has 0 aromatic heterocycles. The number of rotatable bonds is 4. The molecular formula is C10H10BrNO2. The molecule has 0 bridgehead atoms. The van der Waals surface area contributed by atoms with Crippen LogP contribution in [0.25, 0.3) is 0 Å². The molecule has 0 heterocycles. The maximum Gasteiger partial charge on any atom is 0.188 e. The molecule has 0 fully saturated rings. The van der Waals surface area contributed by atoms with E-state index in [1.165, 1.54) is 0 Å². The van der Waals surface area contributed by atoms with Gasteiger partial charge in [-0.2, -0.15) is 5.26 Å². The van der Waals surface area contributed by atoms with Gasteiger partial charge in [-0.1, -0.05) is 15.9 Å². The highest BCUT2D eigenvalue weighted by atomic mass is 79.9. The molecule has 0 amide bonds. The van der Waals surface area contributed by atoms with Crippen molar-refractivity contribution in [2.24, 2.45) is 0 Å². The summed E-state index contributed by atoms with van der Waals surface area (Å²) < 4.78 is 11.0. The number of halogens is 1. The van der Waals surface area contributed by atoms with Gasteiger partial charge in [0.25, 0.3) is 0 Å². The van der Waals surface area contributed by atoms with Gasteiger partial charge in [-0.05, 0) is 18.2 Å². The number of methoxy groups -OCH3 is 1. The minimum Gasteiger partial charge on any atom is -0.467 e. The molecule has 0 spiro atoms. The Labute approximate surface area is 91.4 Å². The summed E-state index contributed by atoms with van der Waals surface area (Å²) in [6.45, 7) is 0.195. The largest absolute Gasteiger partial charge is 0.467 e. The maximum atomic E-state index is 8.61. The molecule has 0 saturated heterocycles. The van der Waals surface area contributed by atoms with Gasteiger partial charge in [0.1, 0.15) is 5.75 Å². The van der Waals surface area contributed by atoms with Crippen molar-refractivity contribution in [1.29, 1.82) is 5.26 Å². The average molecular weight is 256 g/mol. The standard InChI is InChI=1S/C10H10BrNO2/c1-13-7-14-10-3-2-9(11)6-8(10)4-5-12/h2-3,6H,4,7H2,1H3. The van der Waals surface area contributed by atoms with Crippen molar-refractivity contribution in [2.45, 2.75) is 6.42 Å². The summed E-state index contributed by atoms with van der Waals surface area (Å²) in [5, 5.41) is 8.61. The van der Waals surface area contributed by atoms with Gasteiger partial charge in [-0.15, -0.1) is 0 Å². The molecule has 0 unspecified atom stereocenters. The molecule has 3 nitrogen and oxygen atoms in total. The molecule has 1 aromatic carbocycles. The fourth-order valence-corrected chi connectivity index (χ4v) is 1.44. The van der Waals surface area contributed by atoms with Crippen LogP contribution in [0.5, 0.6) is 5.75 Å². The first-order valence-corrected chi connectivity index (χ1v) is 4.84. The van der Waals surface area contributed by atoms with Crippen LogP contribution in [0.15, 0.2) is 22.7 Å². The summed E-state index contributed by atoms with van der Waals surface area (Å²) in [5.74, 6) is 0.691. The summed E-state index contributed by atoms with van der Waals surface area (Å²) in [6, 6.07) is 7.64. The highest BCUT2D eigenvalue weighted by Crippen LogP contribution is 2.23. The van der Waals surface area contributed by atoms with E-state index in [2.05, 4.69) is 22.0 Å². The van der Waals surface area contributed by atoms with Gasteiger partial charge in [0.05, 0.1) is 12.5 Å². The quantitative estimate of drug-likeness (QED) is 0.777. The van der Waals surface area contributed by atoms with Crippen LogP contribution in [0.1, 0.15) is 5.56 Å². The molecule has 0 aliphatic carbocycles. The van der Waals surface area contributed by atoms with Crippen molar-refractivity contribution >= 4 is 15.9 Å². The van der Waals surface area contributed by atoms with Crippen molar-refractivity contribution < 1.29 is 9.47 Å². The molecule has 1 rings (SSSR count). The van der Waals surface area contributed by atoms with E-state index in [-0.39, 0.29) is 6.79 Å². The SMILES string of the molecule is COCOc1ccc(Br)cc1CC#N. The second-order valence-corrected chi connectivity index (χ2v) is 3.55. The number of hydrogen-bond acceptors (Lipinski definition) is 3. The first-order valence-electron chi connectivity index (χ1n) is 4.05. The van der Waals surface area contributed by atoms with Gasteiger partial charge < -0.3 is 9.47 Å².